The maximum Gasteiger partial charge on any atom is 0.172 e. The largest absolute Gasteiger partial charge is 0.369 e. The number of nitrogens with zero attached hydrogens (tertiary/aromatic N) is 3. The summed E-state index contributed by atoms with van der Waals surface area (Å²) in [6.45, 7) is 1.58. The third-order valence-corrected chi connectivity index (χ3v) is 6.06. The zero-order chi connectivity index (χ0) is 23.9. The quantitative estimate of drug-likeness (QED) is 0.318. The van der Waals surface area contributed by atoms with Crippen LogP contribution in [0.1, 0.15) is 39.0 Å². The Balaban J connectivity index is 1.44. The normalized spacial score (nSPS) is 19.3. The van der Waals surface area contributed by atoms with Crippen LogP contribution in [0.25, 0.3) is 0 Å². The third kappa shape index (κ3) is 5.54. The molecular weight excluding hydrogens is 442 g/mol. The van der Waals surface area contributed by atoms with E-state index < -0.39 is 12.2 Å². The van der Waals surface area contributed by atoms with Gasteiger partial charge in [0.1, 0.15) is 24.0 Å². The third-order valence-electron chi connectivity index (χ3n) is 6.06. The van der Waals surface area contributed by atoms with Crippen molar-refractivity contribution < 1.29 is 19.0 Å². The highest BCUT2D eigenvalue weighted by Gasteiger charge is 2.42. The first-order valence-electron chi connectivity index (χ1n) is 11.7. The second kappa shape index (κ2) is 11.2. The Bertz CT molecular complexity index is 1210. The van der Waals surface area contributed by atoms with Gasteiger partial charge in [-0.2, -0.15) is 0 Å². The average Bonchev–Trinajstić information content (AvgIpc) is 3.34. The number of hydrogen-bond donors (Lipinski definition) is 0. The van der Waals surface area contributed by atoms with Crippen LogP contribution < -0.4 is 0 Å². The van der Waals surface area contributed by atoms with Crippen LogP contribution in [-0.2, 0) is 40.6 Å². The lowest BCUT2D eigenvalue weighted by Gasteiger charge is -2.37. The first kappa shape index (κ1) is 23.1. The Labute approximate surface area is 204 Å². The molecule has 0 saturated heterocycles. The van der Waals surface area contributed by atoms with Gasteiger partial charge in [-0.3, -0.25) is 4.79 Å². The van der Waals surface area contributed by atoms with E-state index in [1.54, 1.807) is 4.68 Å². The number of aldehydes is 1. The zero-order valence-electron chi connectivity index (χ0n) is 19.3. The number of rotatable bonds is 10. The van der Waals surface area contributed by atoms with Crippen LogP contribution in [0.3, 0.4) is 0 Å². The highest BCUT2D eigenvalue weighted by Crippen LogP contribution is 2.35. The van der Waals surface area contributed by atoms with E-state index >= 15 is 0 Å². The van der Waals surface area contributed by atoms with Crippen LogP contribution in [0, 0.1) is 0 Å². The Morgan fingerprint density at radius 3 is 1.80 bits per heavy atom. The SMILES string of the molecule is O=Cc1nnn2c1[C@@H](OCc1ccccc1)[C@H](OCc1ccccc1)[C@H](OCc1ccccc1)C2. The van der Waals surface area contributed by atoms with Crippen molar-refractivity contribution in [1.29, 1.82) is 0 Å². The van der Waals surface area contributed by atoms with Gasteiger partial charge in [-0.25, -0.2) is 4.68 Å². The molecule has 3 aromatic carbocycles. The summed E-state index contributed by atoms with van der Waals surface area (Å²) in [5, 5.41) is 8.29. The number of carbonyl (C=O) groups is 1. The molecule has 178 valence electrons. The van der Waals surface area contributed by atoms with Crippen molar-refractivity contribution in [2.75, 3.05) is 0 Å². The molecule has 1 aliphatic rings. The lowest BCUT2D eigenvalue weighted by Crippen LogP contribution is -2.46. The fraction of sp³-hybridized carbons (Fsp3) is 0.250. The molecule has 0 fully saturated rings. The molecule has 4 aromatic rings. The second-order valence-electron chi connectivity index (χ2n) is 8.47. The van der Waals surface area contributed by atoms with E-state index in [0.29, 0.717) is 32.1 Å². The number of ether oxygens (including phenoxy) is 3. The van der Waals surface area contributed by atoms with Gasteiger partial charge < -0.3 is 14.2 Å². The summed E-state index contributed by atoms with van der Waals surface area (Å²) in [6.07, 6.45) is -0.679. The van der Waals surface area contributed by atoms with Crippen LogP contribution in [0.5, 0.6) is 0 Å². The Morgan fingerprint density at radius 2 is 1.26 bits per heavy atom. The predicted octanol–water partition coefficient (Wildman–Crippen LogP) is 4.53. The van der Waals surface area contributed by atoms with Crippen molar-refractivity contribution >= 4 is 6.29 Å². The molecule has 0 radical (unpaired) electrons. The molecule has 7 nitrogen and oxygen atoms in total. The minimum Gasteiger partial charge on any atom is -0.369 e. The van der Waals surface area contributed by atoms with Crippen molar-refractivity contribution in [3.05, 3.63) is 119 Å². The molecule has 0 unspecified atom stereocenters. The van der Waals surface area contributed by atoms with E-state index in [4.69, 9.17) is 14.2 Å². The summed E-state index contributed by atoms with van der Waals surface area (Å²) in [5.74, 6) is 0. The fourth-order valence-electron chi connectivity index (χ4n) is 4.29. The van der Waals surface area contributed by atoms with Gasteiger partial charge in [0.2, 0.25) is 0 Å². The van der Waals surface area contributed by atoms with Crippen LogP contribution >= 0.6 is 0 Å². The maximum absolute atomic E-state index is 11.8. The molecule has 1 aromatic heterocycles. The highest BCUT2D eigenvalue weighted by molar-refractivity contribution is 5.73. The summed E-state index contributed by atoms with van der Waals surface area (Å²) in [4.78, 5) is 11.8. The van der Waals surface area contributed by atoms with E-state index in [1.165, 1.54) is 0 Å². The van der Waals surface area contributed by atoms with Gasteiger partial charge >= 0.3 is 0 Å². The number of hydrogen-bond acceptors (Lipinski definition) is 6. The van der Waals surface area contributed by atoms with Gasteiger partial charge in [0, 0.05) is 0 Å². The topological polar surface area (TPSA) is 75.5 Å². The first-order valence-corrected chi connectivity index (χ1v) is 11.7. The minimum atomic E-state index is -0.580. The Morgan fingerprint density at radius 1 is 0.743 bits per heavy atom. The standard InChI is InChI=1S/C28H27N3O4/c32-17-24-26-28(35-20-23-14-8-3-9-15-23)27(34-19-22-12-6-2-7-13-22)25(16-31(26)30-29-24)33-18-21-10-4-1-5-11-21/h1-15,17,25,27-28H,16,18-20H2/t25-,27-,28-/m1/s1. The molecule has 35 heavy (non-hydrogen) atoms. The maximum atomic E-state index is 11.8. The number of aromatic nitrogens is 3. The smallest absolute Gasteiger partial charge is 0.172 e. The lowest BCUT2D eigenvalue weighted by atomic mass is 9.98. The van der Waals surface area contributed by atoms with Crippen LogP contribution in [0.4, 0.5) is 0 Å². The summed E-state index contributed by atoms with van der Waals surface area (Å²) in [6, 6.07) is 29.9. The predicted molar refractivity (Wildman–Crippen MR) is 129 cm³/mol. The first-order chi connectivity index (χ1) is 17.3. The number of benzene rings is 3. The summed E-state index contributed by atoms with van der Waals surface area (Å²) in [5.41, 5.74) is 4.01. The summed E-state index contributed by atoms with van der Waals surface area (Å²) >= 11 is 0. The molecular formula is C28H27N3O4. The van der Waals surface area contributed by atoms with Gasteiger partial charge in [-0.15, -0.1) is 5.10 Å². The van der Waals surface area contributed by atoms with Gasteiger partial charge in [0.05, 0.1) is 26.4 Å². The lowest BCUT2D eigenvalue weighted by molar-refractivity contribution is -0.171. The van der Waals surface area contributed by atoms with Crippen molar-refractivity contribution in [2.24, 2.45) is 0 Å². The molecule has 0 bridgehead atoms. The highest BCUT2D eigenvalue weighted by atomic mass is 16.6. The molecule has 0 spiro atoms. The summed E-state index contributed by atoms with van der Waals surface area (Å²) < 4.78 is 21.0. The van der Waals surface area contributed by atoms with E-state index in [2.05, 4.69) is 10.3 Å². The van der Waals surface area contributed by atoms with Crippen LogP contribution in [0.15, 0.2) is 91.0 Å². The molecule has 5 rings (SSSR count). The minimum absolute atomic E-state index is 0.262. The molecule has 0 N–H and O–H groups in total. The molecule has 0 saturated carbocycles. The average molecular weight is 470 g/mol. The molecule has 1 aliphatic heterocycles. The van der Waals surface area contributed by atoms with E-state index in [-0.39, 0.29) is 11.8 Å². The van der Waals surface area contributed by atoms with E-state index in [9.17, 15) is 4.79 Å². The number of carbonyl (C=O) groups excluding carboxylic acids is 1. The van der Waals surface area contributed by atoms with Crippen LogP contribution in [0.2, 0.25) is 0 Å². The van der Waals surface area contributed by atoms with Gasteiger partial charge in [-0.1, -0.05) is 96.2 Å². The Hall–Kier alpha value is -3.65. The molecule has 2 heterocycles. The fourth-order valence-corrected chi connectivity index (χ4v) is 4.29. The molecule has 0 amide bonds. The van der Waals surface area contributed by atoms with Crippen molar-refractivity contribution in [2.45, 2.75) is 44.7 Å². The number of fused-ring (bicyclic) bond motifs is 1. The van der Waals surface area contributed by atoms with E-state index in [1.807, 2.05) is 91.0 Å². The molecule has 7 heteroatoms. The van der Waals surface area contributed by atoms with Crippen LogP contribution in [-0.4, -0.2) is 33.5 Å². The van der Waals surface area contributed by atoms with Crippen molar-refractivity contribution in [3.63, 3.8) is 0 Å². The molecule has 3 atom stereocenters. The van der Waals surface area contributed by atoms with Crippen molar-refractivity contribution in [1.82, 2.24) is 15.0 Å². The molecule has 0 aliphatic carbocycles. The Kier molecular flexibility index (Phi) is 7.38. The van der Waals surface area contributed by atoms with Gasteiger partial charge in [0.25, 0.3) is 0 Å². The monoisotopic (exact) mass is 469 g/mol. The second-order valence-corrected chi connectivity index (χ2v) is 8.47. The van der Waals surface area contributed by atoms with E-state index in [0.717, 1.165) is 23.0 Å². The van der Waals surface area contributed by atoms with Gasteiger partial charge in [-0.05, 0) is 16.7 Å². The zero-order valence-corrected chi connectivity index (χ0v) is 19.3. The van der Waals surface area contributed by atoms with Gasteiger partial charge in [0.15, 0.2) is 12.0 Å². The summed E-state index contributed by atoms with van der Waals surface area (Å²) in [7, 11) is 0. The van der Waals surface area contributed by atoms with Crippen molar-refractivity contribution in [3.8, 4) is 0 Å².